The van der Waals surface area contributed by atoms with Gasteiger partial charge in [0.1, 0.15) is 0 Å². The molecule has 16 heavy (non-hydrogen) atoms. The van der Waals surface area contributed by atoms with Crippen molar-refractivity contribution in [1.82, 2.24) is 10.2 Å². The molecule has 0 aromatic carbocycles. The standard InChI is InChI=1S/C12H24N2O2/c1-3-13-11-6-8-14(9-7-11)12(15)5-4-10-16-2/h11,13H,3-10H2,1-2H3. The van der Waals surface area contributed by atoms with Gasteiger partial charge in [-0.1, -0.05) is 6.92 Å². The molecule has 0 bridgehead atoms. The molecule has 1 fully saturated rings. The van der Waals surface area contributed by atoms with Crippen LogP contribution in [0, 0.1) is 0 Å². The highest BCUT2D eigenvalue weighted by atomic mass is 16.5. The summed E-state index contributed by atoms with van der Waals surface area (Å²) in [6, 6.07) is 0.605. The molecule has 0 spiro atoms. The second-order valence-corrected chi connectivity index (χ2v) is 4.31. The van der Waals surface area contributed by atoms with Gasteiger partial charge in [0.15, 0.2) is 0 Å². The minimum Gasteiger partial charge on any atom is -0.385 e. The molecular weight excluding hydrogens is 204 g/mol. The van der Waals surface area contributed by atoms with Gasteiger partial charge >= 0.3 is 0 Å². The third kappa shape index (κ3) is 4.49. The lowest BCUT2D eigenvalue weighted by Gasteiger charge is -2.32. The Kier molecular flexibility index (Phi) is 6.42. The normalized spacial score (nSPS) is 17.8. The van der Waals surface area contributed by atoms with Gasteiger partial charge in [0.25, 0.3) is 0 Å². The van der Waals surface area contributed by atoms with Crippen LogP contribution in [0.15, 0.2) is 0 Å². The minimum atomic E-state index is 0.284. The Labute approximate surface area is 98.3 Å². The van der Waals surface area contributed by atoms with E-state index in [9.17, 15) is 4.79 Å². The van der Waals surface area contributed by atoms with Crippen LogP contribution in [0.1, 0.15) is 32.6 Å². The molecule has 0 aromatic heterocycles. The lowest BCUT2D eigenvalue weighted by Crippen LogP contribution is -2.44. The lowest BCUT2D eigenvalue weighted by atomic mass is 10.0. The monoisotopic (exact) mass is 228 g/mol. The summed E-state index contributed by atoms with van der Waals surface area (Å²) >= 11 is 0. The van der Waals surface area contributed by atoms with E-state index < -0.39 is 0 Å². The summed E-state index contributed by atoms with van der Waals surface area (Å²) in [7, 11) is 1.67. The van der Waals surface area contributed by atoms with E-state index in [1.54, 1.807) is 7.11 Å². The Morgan fingerprint density at radius 2 is 2.12 bits per heavy atom. The number of likely N-dealkylation sites (tertiary alicyclic amines) is 1. The van der Waals surface area contributed by atoms with Crippen molar-refractivity contribution in [2.75, 3.05) is 33.4 Å². The Morgan fingerprint density at radius 1 is 1.44 bits per heavy atom. The number of nitrogens with one attached hydrogen (secondary N) is 1. The molecule has 94 valence electrons. The molecule has 4 heteroatoms. The lowest BCUT2D eigenvalue weighted by molar-refractivity contribution is -0.132. The van der Waals surface area contributed by atoms with Crippen LogP contribution in [0.4, 0.5) is 0 Å². The maximum absolute atomic E-state index is 11.8. The van der Waals surface area contributed by atoms with E-state index in [-0.39, 0.29) is 5.91 Å². The molecule has 0 aromatic rings. The molecule has 1 aliphatic rings. The number of hydrogen-bond donors (Lipinski definition) is 1. The van der Waals surface area contributed by atoms with Gasteiger partial charge in [0, 0.05) is 39.3 Å². The first-order valence-corrected chi connectivity index (χ1v) is 6.28. The highest BCUT2D eigenvalue weighted by Crippen LogP contribution is 2.11. The average Bonchev–Trinajstić information content (AvgIpc) is 2.30. The van der Waals surface area contributed by atoms with Crippen LogP contribution in [0.25, 0.3) is 0 Å². The van der Waals surface area contributed by atoms with Crippen molar-refractivity contribution in [1.29, 1.82) is 0 Å². The number of carbonyl (C=O) groups is 1. The number of hydrogen-bond acceptors (Lipinski definition) is 3. The van der Waals surface area contributed by atoms with Crippen molar-refractivity contribution in [3.8, 4) is 0 Å². The van der Waals surface area contributed by atoms with Crippen molar-refractivity contribution >= 4 is 5.91 Å². The number of piperidine rings is 1. The fourth-order valence-corrected chi connectivity index (χ4v) is 2.15. The number of nitrogens with zero attached hydrogens (tertiary/aromatic N) is 1. The zero-order valence-electron chi connectivity index (χ0n) is 10.5. The second kappa shape index (κ2) is 7.63. The van der Waals surface area contributed by atoms with Gasteiger partial charge in [0.05, 0.1) is 0 Å². The molecule has 0 aliphatic carbocycles. The molecule has 0 atom stereocenters. The molecule has 0 saturated carbocycles. The Balaban J connectivity index is 2.17. The van der Waals surface area contributed by atoms with Crippen LogP contribution in [-0.4, -0.2) is 50.2 Å². The molecule has 1 saturated heterocycles. The molecule has 0 unspecified atom stereocenters. The fraction of sp³-hybridized carbons (Fsp3) is 0.917. The summed E-state index contributed by atoms with van der Waals surface area (Å²) < 4.78 is 4.95. The highest BCUT2D eigenvalue weighted by Gasteiger charge is 2.21. The Hall–Kier alpha value is -0.610. The predicted octanol–water partition coefficient (Wildman–Crippen LogP) is 1.01. The number of amides is 1. The second-order valence-electron chi connectivity index (χ2n) is 4.31. The van der Waals surface area contributed by atoms with Gasteiger partial charge < -0.3 is 15.0 Å². The van der Waals surface area contributed by atoms with Gasteiger partial charge in [-0.25, -0.2) is 0 Å². The number of methoxy groups -OCH3 is 1. The van der Waals surface area contributed by atoms with Gasteiger partial charge in [-0.15, -0.1) is 0 Å². The first-order valence-electron chi connectivity index (χ1n) is 6.28. The van der Waals surface area contributed by atoms with Crippen molar-refractivity contribution in [3.05, 3.63) is 0 Å². The first-order chi connectivity index (χ1) is 7.77. The van der Waals surface area contributed by atoms with Crippen molar-refractivity contribution in [2.45, 2.75) is 38.6 Å². The third-order valence-electron chi connectivity index (χ3n) is 3.08. The molecular formula is C12H24N2O2. The summed E-state index contributed by atoms with van der Waals surface area (Å²) in [6.07, 6.45) is 3.63. The van der Waals surface area contributed by atoms with E-state index in [0.717, 1.165) is 38.9 Å². The molecule has 1 heterocycles. The highest BCUT2D eigenvalue weighted by molar-refractivity contribution is 5.76. The molecule has 0 radical (unpaired) electrons. The summed E-state index contributed by atoms with van der Waals surface area (Å²) in [5.41, 5.74) is 0. The van der Waals surface area contributed by atoms with Crippen LogP contribution >= 0.6 is 0 Å². The zero-order valence-corrected chi connectivity index (χ0v) is 10.5. The van der Waals surface area contributed by atoms with E-state index in [4.69, 9.17) is 4.74 Å². The van der Waals surface area contributed by atoms with Gasteiger partial charge in [-0.05, 0) is 25.8 Å². The SMILES string of the molecule is CCNC1CCN(C(=O)CCCOC)CC1. The van der Waals surface area contributed by atoms with E-state index in [0.29, 0.717) is 19.1 Å². The quantitative estimate of drug-likeness (QED) is 0.690. The first kappa shape index (κ1) is 13.5. The largest absolute Gasteiger partial charge is 0.385 e. The molecule has 1 rings (SSSR count). The fourth-order valence-electron chi connectivity index (χ4n) is 2.15. The third-order valence-corrected chi connectivity index (χ3v) is 3.08. The van der Waals surface area contributed by atoms with Gasteiger partial charge in [-0.3, -0.25) is 4.79 Å². The molecule has 4 nitrogen and oxygen atoms in total. The smallest absolute Gasteiger partial charge is 0.222 e. The molecule has 1 aliphatic heterocycles. The molecule has 1 N–H and O–H groups in total. The zero-order chi connectivity index (χ0) is 11.8. The van der Waals surface area contributed by atoms with Crippen molar-refractivity contribution in [3.63, 3.8) is 0 Å². The summed E-state index contributed by atoms with van der Waals surface area (Å²) in [5.74, 6) is 0.284. The van der Waals surface area contributed by atoms with Crippen LogP contribution in [-0.2, 0) is 9.53 Å². The summed E-state index contributed by atoms with van der Waals surface area (Å²) in [5, 5.41) is 3.44. The maximum Gasteiger partial charge on any atom is 0.222 e. The van der Waals surface area contributed by atoms with Gasteiger partial charge in [0.2, 0.25) is 5.91 Å². The predicted molar refractivity (Wildman–Crippen MR) is 64.4 cm³/mol. The summed E-state index contributed by atoms with van der Waals surface area (Å²) in [4.78, 5) is 13.8. The van der Waals surface area contributed by atoms with Crippen LogP contribution < -0.4 is 5.32 Å². The number of rotatable bonds is 6. The van der Waals surface area contributed by atoms with Crippen LogP contribution in [0.2, 0.25) is 0 Å². The van der Waals surface area contributed by atoms with E-state index >= 15 is 0 Å². The van der Waals surface area contributed by atoms with Crippen LogP contribution in [0.5, 0.6) is 0 Å². The van der Waals surface area contributed by atoms with Crippen LogP contribution in [0.3, 0.4) is 0 Å². The maximum atomic E-state index is 11.8. The van der Waals surface area contributed by atoms with E-state index in [2.05, 4.69) is 12.2 Å². The topological polar surface area (TPSA) is 41.6 Å². The van der Waals surface area contributed by atoms with Crippen molar-refractivity contribution in [2.24, 2.45) is 0 Å². The molecule has 1 amide bonds. The number of carbonyl (C=O) groups excluding carboxylic acids is 1. The summed E-state index contributed by atoms with van der Waals surface area (Å²) in [6.45, 7) is 5.64. The van der Waals surface area contributed by atoms with E-state index in [1.807, 2.05) is 4.90 Å². The van der Waals surface area contributed by atoms with Crippen molar-refractivity contribution < 1.29 is 9.53 Å². The Bertz CT molecular complexity index is 201. The number of ether oxygens (including phenoxy) is 1. The minimum absolute atomic E-state index is 0.284. The van der Waals surface area contributed by atoms with E-state index in [1.165, 1.54) is 0 Å². The Morgan fingerprint density at radius 3 is 2.69 bits per heavy atom. The van der Waals surface area contributed by atoms with Gasteiger partial charge in [-0.2, -0.15) is 0 Å². The average molecular weight is 228 g/mol.